The van der Waals surface area contributed by atoms with Crippen LogP contribution in [0.2, 0.25) is 0 Å². The van der Waals surface area contributed by atoms with Gasteiger partial charge in [-0.1, -0.05) is 19.1 Å². The predicted molar refractivity (Wildman–Crippen MR) is 69.3 cm³/mol. The van der Waals surface area contributed by atoms with Crippen LogP contribution in [0.25, 0.3) is 0 Å². The topological polar surface area (TPSA) is 64.7 Å². The van der Waals surface area contributed by atoms with Crippen LogP contribution in [-0.4, -0.2) is 17.7 Å². The largest absolute Gasteiger partial charge is 0.464 e. The molecule has 0 saturated carbocycles. The zero-order valence-corrected chi connectivity index (χ0v) is 11.4. The Labute approximate surface area is 104 Å². The maximum atomic E-state index is 11.4. The van der Waals surface area contributed by atoms with Crippen molar-refractivity contribution < 1.29 is 9.53 Å². The molecular weight excluding hydrogens is 272 g/mol. The fourth-order valence-corrected chi connectivity index (χ4v) is 1.15. The van der Waals surface area contributed by atoms with Crippen molar-refractivity contribution in [3.63, 3.8) is 0 Å². The summed E-state index contributed by atoms with van der Waals surface area (Å²) in [6.45, 7) is 7.53. The molecule has 0 bridgehead atoms. The lowest BCUT2D eigenvalue weighted by molar-refractivity contribution is -0.136. The average molecular weight is 289 g/mol. The molecule has 0 aliphatic carbocycles. The Balaban J connectivity index is 5.13. The van der Waals surface area contributed by atoms with Crippen molar-refractivity contribution in [2.45, 2.75) is 26.7 Å². The zero-order valence-electron chi connectivity index (χ0n) is 9.84. The highest BCUT2D eigenvalue weighted by Crippen LogP contribution is 2.14. The van der Waals surface area contributed by atoms with Gasteiger partial charge >= 0.3 is 5.97 Å². The first-order valence-corrected chi connectivity index (χ1v) is 5.66. The van der Waals surface area contributed by atoms with Crippen molar-refractivity contribution in [2.24, 2.45) is 10.7 Å². The van der Waals surface area contributed by atoms with Gasteiger partial charge in [0.25, 0.3) is 0 Å². The van der Waals surface area contributed by atoms with E-state index in [4.69, 9.17) is 5.73 Å². The Kier molecular flexibility index (Phi) is 6.72. The molecule has 0 aliphatic rings. The molecule has 0 spiro atoms. The highest BCUT2D eigenvalue weighted by atomic mass is 79.9. The second-order valence-electron chi connectivity index (χ2n) is 3.25. The lowest BCUT2D eigenvalue weighted by atomic mass is 10.1. The van der Waals surface area contributed by atoms with E-state index in [-0.39, 0.29) is 5.70 Å². The van der Waals surface area contributed by atoms with E-state index in [1.165, 1.54) is 7.11 Å². The third-order valence-corrected chi connectivity index (χ3v) is 2.07. The molecule has 0 aromatic rings. The van der Waals surface area contributed by atoms with Crippen LogP contribution < -0.4 is 5.73 Å². The molecular formula is C11H17BrN2O2. The highest BCUT2D eigenvalue weighted by molar-refractivity contribution is 9.18. The number of methoxy groups -OCH3 is 1. The number of nitrogens with two attached hydrogens (primary N) is 1. The molecule has 90 valence electrons. The normalized spacial score (nSPS) is 13.1. The number of nitrogens with zero attached hydrogens (tertiary/aromatic N) is 1. The molecule has 0 rings (SSSR count). The molecule has 0 aromatic carbocycles. The summed E-state index contributed by atoms with van der Waals surface area (Å²) in [4.78, 5) is 15.4. The van der Waals surface area contributed by atoms with Crippen molar-refractivity contribution in [2.75, 3.05) is 7.11 Å². The predicted octanol–water partition coefficient (Wildman–Crippen LogP) is 2.50. The molecule has 0 aromatic heterocycles. The van der Waals surface area contributed by atoms with Crippen molar-refractivity contribution in [1.82, 2.24) is 0 Å². The van der Waals surface area contributed by atoms with E-state index in [1.807, 2.05) is 6.92 Å². The number of ether oxygens (including phenoxy) is 1. The standard InChI is InChI=1S/C11H17BrN2O2/c1-5-7(2)6-9(13)10(11(15)16-4)14-8(3)12/h2,5-6,13H2,1,3-4H3/b10-9+,14-8?. The number of hydrogen-bond donors (Lipinski definition) is 1. The number of carbonyl (C=O) groups excluding carboxylic acids is 1. The van der Waals surface area contributed by atoms with E-state index in [0.29, 0.717) is 16.7 Å². The van der Waals surface area contributed by atoms with Crippen molar-refractivity contribution in [1.29, 1.82) is 0 Å². The Bertz CT molecular complexity index is 342. The monoisotopic (exact) mass is 288 g/mol. The van der Waals surface area contributed by atoms with Gasteiger partial charge in [-0.15, -0.1) is 0 Å². The van der Waals surface area contributed by atoms with Gasteiger partial charge in [0.05, 0.1) is 11.7 Å². The van der Waals surface area contributed by atoms with Crippen LogP contribution in [0.5, 0.6) is 0 Å². The third kappa shape index (κ3) is 5.11. The minimum absolute atomic E-state index is 0.131. The number of halogens is 1. The van der Waals surface area contributed by atoms with Crippen LogP contribution in [0.1, 0.15) is 26.7 Å². The molecule has 0 saturated heterocycles. The summed E-state index contributed by atoms with van der Waals surface area (Å²) < 4.78 is 5.18. The van der Waals surface area contributed by atoms with Crippen LogP contribution in [-0.2, 0) is 9.53 Å². The average Bonchev–Trinajstić information content (AvgIpc) is 2.24. The number of aliphatic imine (C=N–C) groups is 1. The van der Waals surface area contributed by atoms with Gasteiger partial charge in [-0.05, 0) is 29.3 Å². The van der Waals surface area contributed by atoms with Crippen molar-refractivity contribution >= 4 is 26.5 Å². The van der Waals surface area contributed by atoms with Crippen LogP contribution >= 0.6 is 15.9 Å². The molecule has 0 unspecified atom stereocenters. The summed E-state index contributed by atoms with van der Waals surface area (Å²) in [6.07, 6.45) is 1.26. The van der Waals surface area contributed by atoms with Gasteiger partial charge in [0.1, 0.15) is 0 Å². The summed E-state index contributed by atoms with van der Waals surface area (Å²) >= 11 is 3.15. The first kappa shape index (κ1) is 14.9. The summed E-state index contributed by atoms with van der Waals surface area (Å²) in [5.41, 5.74) is 7.26. The fraction of sp³-hybridized carbons (Fsp3) is 0.455. The van der Waals surface area contributed by atoms with Crippen molar-refractivity contribution in [3.8, 4) is 0 Å². The van der Waals surface area contributed by atoms with E-state index in [1.54, 1.807) is 6.92 Å². The van der Waals surface area contributed by atoms with E-state index in [2.05, 4.69) is 32.2 Å². The van der Waals surface area contributed by atoms with E-state index >= 15 is 0 Å². The number of allylic oxidation sites excluding steroid dienone is 1. The molecule has 0 radical (unpaired) electrons. The summed E-state index contributed by atoms with van der Waals surface area (Å²) in [7, 11) is 1.29. The maximum Gasteiger partial charge on any atom is 0.358 e. The number of rotatable bonds is 5. The second-order valence-corrected chi connectivity index (χ2v) is 4.40. The minimum atomic E-state index is -0.541. The van der Waals surface area contributed by atoms with Gasteiger partial charge < -0.3 is 10.5 Å². The van der Waals surface area contributed by atoms with E-state index < -0.39 is 5.97 Å². The first-order valence-electron chi connectivity index (χ1n) is 4.86. The summed E-state index contributed by atoms with van der Waals surface area (Å²) in [5.74, 6) is -0.541. The molecule has 2 N–H and O–H groups in total. The van der Waals surface area contributed by atoms with E-state index in [0.717, 1.165) is 12.0 Å². The van der Waals surface area contributed by atoms with Gasteiger partial charge in [0.15, 0.2) is 5.70 Å². The zero-order chi connectivity index (χ0) is 12.7. The molecule has 0 atom stereocenters. The quantitative estimate of drug-likeness (QED) is 0.366. The Morgan fingerprint density at radius 1 is 1.56 bits per heavy atom. The molecule has 0 amide bonds. The van der Waals surface area contributed by atoms with Gasteiger partial charge in [-0.25, -0.2) is 9.79 Å². The summed E-state index contributed by atoms with van der Waals surface area (Å²) in [6, 6.07) is 0. The van der Waals surface area contributed by atoms with Crippen LogP contribution in [0.3, 0.4) is 0 Å². The van der Waals surface area contributed by atoms with Gasteiger partial charge in [0.2, 0.25) is 0 Å². The van der Waals surface area contributed by atoms with Crippen LogP contribution in [0.4, 0.5) is 0 Å². The Morgan fingerprint density at radius 3 is 2.50 bits per heavy atom. The third-order valence-electron chi connectivity index (χ3n) is 1.89. The SMILES string of the molecule is C=C(CC)C/C(N)=C(\N=C(C)Br)C(=O)OC. The number of carbonyl (C=O) groups is 1. The van der Waals surface area contributed by atoms with Gasteiger partial charge in [0, 0.05) is 12.1 Å². The van der Waals surface area contributed by atoms with Gasteiger partial charge in [-0.2, -0.15) is 0 Å². The molecule has 5 heteroatoms. The lowest BCUT2D eigenvalue weighted by Crippen LogP contribution is -2.12. The first-order chi connectivity index (χ1) is 7.42. The van der Waals surface area contributed by atoms with Gasteiger partial charge in [-0.3, -0.25) is 0 Å². The highest BCUT2D eigenvalue weighted by Gasteiger charge is 2.14. The number of esters is 1. The molecule has 0 heterocycles. The molecule has 16 heavy (non-hydrogen) atoms. The summed E-state index contributed by atoms with van der Waals surface area (Å²) in [5, 5.41) is 0. The maximum absolute atomic E-state index is 11.4. The number of hydrogen-bond acceptors (Lipinski definition) is 4. The van der Waals surface area contributed by atoms with Crippen LogP contribution in [0, 0.1) is 0 Å². The molecule has 4 nitrogen and oxygen atoms in total. The molecule has 0 aliphatic heterocycles. The fourth-order valence-electron chi connectivity index (χ4n) is 0.977. The second kappa shape index (κ2) is 7.22. The minimum Gasteiger partial charge on any atom is -0.464 e. The van der Waals surface area contributed by atoms with Crippen LogP contribution in [0.15, 0.2) is 28.5 Å². The Morgan fingerprint density at radius 2 is 2.12 bits per heavy atom. The smallest absolute Gasteiger partial charge is 0.358 e. The van der Waals surface area contributed by atoms with E-state index in [9.17, 15) is 4.79 Å². The lowest BCUT2D eigenvalue weighted by Gasteiger charge is -2.07. The molecule has 0 fully saturated rings. The van der Waals surface area contributed by atoms with Crippen molar-refractivity contribution in [3.05, 3.63) is 23.5 Å². The Hall–Kier alpha value is -1.10.